The van der Waals surface area contributed by atoms with E-state index in [0.717, 1.165) is 59.1 Å². The Labute approximate surface area is 180 Å². The van der Waals surface area contributed by atoms with Gasteiger partial charge in [-0.1, -0.05) is 30.3 Å². The molecule has 1 aliphatic carbocycles. The van der Waals surface area contributed by atoms with Gasteiger partial charge in [0.05, 0.1) is 24.3 Å². The van der Waals surface area contributed by atoms with Crippen LogP contribution in [0.1, 0.15) is 49.5 Å². The van der Waals surface area contributed by atoms with Crippen LogP contribution in [0.15, 0.2) is 48.8 Å². The molecule has 0 unspecified atom stereocenters. The summed E-state index contributed by atoms with van der Waals surface area (Å²) in [4.78, 5) is 12.6. The van der Waals surface area contributed by atoms with E-state index in [4.69, 9.17) is 15.7 Å². The van der Waals surface area contributed by atoms with Crippen LogP contribution in [0.4, 0.5) is 0 Å². The lowest BCUT2D eigenvalue weighted by atomic mass is 9.84. The first-order valence-electron chi connectivity index (χ1n) is 10.8. The number of rotatable bonds is 5. The van der Waals surface area contributed by atoms with Crippen LogP contribution < -0.4 is 5.32 Å². The number of nitrogens with zero attached hydrogens (tertiary/aromatic N) is 4. The van der Waals surface area contributed by atoms with E-state index < -0.39 is 0 Å². The molecule has 0 bridgehead atoms. The molecule has 3 heterocycles. The zero-order chi connectivity index (χ0) is 21.2. The lowest BCUT2D eigenvalue weighted by Crippen LogP contribution is -2.26. The van der Waals surface area contributed by atoms with Crippen LogP contribution in [0.5, 0.6) is 0 Å². The van der Waals surface area contributed by atoms with Crippen molar-refractivity contribution in [2.24, 2.45) is 5.92 Å². The van der Waals surface area contributed by atoms with Crippen LogP contribution in [0.25, 0.3) is 22.1 Å². The third kappa shape index (κ3) is 3.66. The van der Waals surface area contributed by atoms with Gasteiger partial charge in [-0.05, 0) is 37.7 Å². The van der Waals surface area contributed by atoms with Gasteiger partial charge in [-0.2, -0.15) is 5.26 Å². The van der Waals surface area contributed by atoms with E-state index in [1.807, 2.05) is 42.7 Å². The van der Waals surface area contributed by atoms with Crippen LogP contribution in [0, 0.1) is 22.7 Å². The lowest BCUT2D eigenvalue weighted by molar-refractivity contribution is 0.277. The maximum Gasteiger partial charge on any atom is 0.139 e. The monoisotopic (exact) mass is 411 g/mol. The number of aromatic nitrogens is 4. The quantitative estimate of drug-likeness (QED) is 0.328. The number of imidazole rings is 1. The van der Waals surface area contributed by atoms with Crippen molar-refractivity contribution in [2.45, 2.75) is 44.7 Å². The molecule has 0 radical (unpaired) electrons. The number of H-pyrrole nitrogens is 1. The molecule has 0 spiro atoms. The molecule has 7 heteroatoms. The van der Waals surface area contributed by atoms with Gasteiger partial charge in [0.1, 0.15) is 22.8 Å². The largest absolute Gasteiger partial charge is 0.363 e. The number of fused-ring (bicyclic) bond motifs is 3. The zero-order valence-electron chi connectivity index (χ0n) is 17.3. The summed E-state index contributed by atoms with van der Waals surface area (Å²) in [6, 6.07) is 14.4. The van der Waals surface area contributed by atoms with Gasteiger partial charge in [-0.3, -0.25) is 5.41 Å². The zero-order valence-corrected chi connectivity index (χ0v) is 17.3. The van der Waals surface area contributed by atoms with E-state index in [1.165, 1.54) is 0 Å². The van der Waals surface area contributed by atoms with Gasteiger partial charge in [-0.15, -0.1) is 0 Å². The minimum Gasteiger partial charge on any atom is -0.363 e. The summed E-state index contributed by atoms with van der Waals surface area (Å²) in [5.74, 6) is 1.81. The molecule has 156 valence electrons. The maximum atomic E-state index is 9.06. The minimum atomic E-state index is 0.336. The van der Waals surface area contributed by atoms with Gasteiger partial charge >= 0.3 is 0 Å². The Bertz CT molecular complexity index is 1250. The molecular weight excluding hydrogens is 386 g/mol. The van der Waals surface area contributed by atoms with Crippen LogP contribution >= 0.6 is 0 Å². The summed E-state index contributed by atoms with van der Waals surface area (Å²) in [5.41, 5.74) is 3.72. The highest BCUT2D eigenvalue weighted by molar-refractivity contribution is 6.01. The molecule has 1 saturated carbocycles. The first kappa shape index (κ1) is 19.3. The number of nitrogens with one attached hydrogen (secondary N) is 3. The summed E-state index contributed by atoms with van der Waals surface area (Å²) in [7, 11) is 0. The molecule has 0 amide bonds. The number of hydrogen-bond acceptors (Lipinski definition) is 4. The summed E-state index contributed by atoms with van der Waals surface area (Å²) < 4.78 is 2.36. The SMILES string of the molecule is N#CCC1CCC(n2c(CNC(=N)c3ccccc3)nc3cnc4[nH]ccc4c32)CC1. The smallest absolute Gasteiger partial charge is 0.139 e. The molecule has 31 heavy (non-hydrogen) atoms. The molecule has 3 aromatic heterocycles. The van der Waals surface area contributed by atoms with Crippen molar-refractivity contribution >= 4 is 27.9 Å². The average Bonchev–Trinajstić information content (AvgIpc) is 3.43. The number of aromatic amines is 1. The molecule has 4 aromatic rings. The van der Waals surface area contributed by atoms with E-state index in [2.05, 4.69) is 32.0 Å². The number of benzene rings is 1. The summed E-state index contributed by atoms with van der Waals surface area (Å²) >= 11 is 0. The molecule has 1 aliphatic rings. The van der Waals surface area contributed by atoms with Crippen LogP contribution in [-0.2, 0) is 6.54 Å². The molecular formula is C24H25N7. The molecule has 0 atom stereocenters. The van der Waals surface area contributed by atoms with Gasteiger partial charge in [0, 0.05) is 29.6 Å². The number of nitriles is 1. The number of amidine groups is 1. The highest BCUT2D eigenvalue weighted by Crippen LogP contribution is 2.37. The van der Waals surface area contributed by atoms with Gasteiger partial charge in [0.25, 0.3) is 0 Å². The average molecular weight is 412 g/mol. The topological polar surface area (TPSA) is 106 Å². The summed E-state index contributed by atoms with van der Waals surface area (Å²) in [5, 5.41) is 21.8. The second kappa shape index (κ2) is 8.23. The van der Waals surface area contributed by atoms with Gasteiger partial charge in [0.15, 0.2) is 0 Å². The minimum absolute atomic E-state index is 0.336. The van der Waals surface area contributed by atoms with Crippen LogP contribution in [-0.4, -0.2) is 25.4 Å². The Balaban J connectivity index is 1.49. The van der Waals surface area contributed by atoms with Crippen molar-refractivity contribution in [1.29, 1.82) is 10.7 Å². The molecule has 1 fully saturated rings. The van der Waals surface area contributed by atoms with Crippen LogP contribution in [0.3, 0.4) is 0 Å². The van der Waals surface area contributed by atoms with E-state index >= 15 is 0 Å². The van der Waals surface area contributed by atoms with Crippen molar-refractivity contribution in [1.82, 2.24) is 24.8 Å². The molecule has 7 nitrogen and oxygen atoms in total. The van der Waals surface area contributed by atoms with Crippen molar-refractivity contribution in [3.8, 4) is 6.07 Å². The van der Waals surface area contributed by atoms with E-state index in [-0.39, 0.29) is 0 Å². The molecule has 0 aliphatic heterocycles. The molecule has 0 saturated heterocycles. The fraction of sp³-hybridized carbons (Fsp3) is 0.333. The Morgan fingerprint density at radius 1 is 1.19 bits per heavy atom. The normalized spacial score (nSPS) is 18.8. The Kier molecular flexibility index (Phi) is 5.13. The number of pyridine rings is 1. The summed E-state index contributed by atoms with van der Waals surface area (Å²) in [6.45, 7) is 0.479. The van der Waals surface area contributed by atoms with E-state index in [0.29, 0.717) is 30.8 Å². The Hall–Kier alpha value is -3.66. The fourth-order valence-electron chi connectivity index (χ4n) is 4.77. The van der Waals surface area contributed by atoms with Crippen molar-refractivity contribution in [3.63, 3.8) is 0 Å². The first-order valence-corrected chi connectivity index (χ1v) is 10.8. The molecule has 5 rings (SSSR count). The second-order valence-electron chi connectivity index (χ2n) is 8.26. The van der Waals surface area contributed by atoms with E-state index in [9.17, 15) is 0 Å². The van der Waals surface area contributed by atoms with Gasteiger partial charge in [0.2, 0.25) is 0 Å². The predicted octanol–water partition coefficient (Wildman–Crippen LogP) is 4.67. The predicted molar refractivity (Wildman–Crippen MR) is 121 cm³/mol. The summed E-state index contributed by atoms with van der Waals surface area (Å²) in [6.07, 6.45) is 8.59. The highest BCUT2D eigenvalue weighted by Gasteiger charge is 2.27. The van der Waals surface area contributed by atoms with Gasteiger partial charge < -0.3 is 14.9 Å². The second-order valence-corrected chi connectivity index (χ2v) is 8.26. The van der Waals surface area contributed by atoms with E-state index in [1.54, 1.807) is 0 Å². The van der Waals surface area contributed by atoms with Crippen molar-refractivity contribution in [3.05, 3.63) is 60.2 Å². The highest BCUT2D eigenvalue weighted by atomic mass is 15.1. The van der Waals surface area contributed by atoms with Crippen molar-refractivity contribution in [2.75, 3.05) is 0 Å². The number of hydrogen-bond donors (Lipinski definition) is 3. The van der Waals surface area contributed by atoms with Crippen LogP contribution in [0.2, 0.25) is 0 Å². The lowest BCUT2D eigenvalue weighted by Gasteiger charge is -2.30. The first-order chi connectivity index (χ1) is 15.2. The fourth-order valence-corrected chi connectivity index (χ4v) is 4.77. The standard InChI is InChI=1S/C24H25N7/c25-12-10-16-6-8-18(9-7-16)31-21(15-28-23(26)17-4-2-1-3-5-17)30-20-14-29-24-19(22(20)31)11-13-27-24/h1-5,11,13-14,16,18H,6-10,15H2,(H2,26,28)(H,27,29). The molecule has 1 aromatic carbocycles. The Morgan fingerprint density at radius 2 is 2.00 bits per heavy atom. The third-order valence-corrected chi connectivity index (χ3v) is 6.35. The Morgan fingerprint density at radius 3 is 2.77 bits per heavy atom. The van der Waals surface area contributed by atoms with Gasteiger partial charge in [-0.25, -0.2) is 9.97 Å². The third-order valence-electron chi connectivity index (χ3n) is 6.35. The van der Waals surface area contributed by atoms with Crippen molar-refractivity contribution < 1.29 is 0 Å². The maximum absolute atomic E-state index is 9.06. The molecule has 3 N–H and O–H groups in total.